The van der Waals surface area contributed by atoms with Crippen molar-refractivity contribution in [3.05, 3.63) is 59.7 Å². The molecule has 2 aromatic carbocycles. The Morgan fingerprint density at radius 1 is 1.20 bits per heavy atom. The topological polar surface area (TPSA) is 93.9 Å². The third-order valence-corrected chi connectivity index (χ3v) is 4.65. The second kappa shape index (κ2) is 7.17. The first-order valence-corrected chi connectivity index (χ1v) is 8.16. The van der Waals surface area contributed by atoms with Crippen molar-refractivity contribution in [1.29, 1.82) is 10.5 Å². The van der Waals surface area contributed by atoms with Gasteiger partial charge in [0.2, 0.25) is 5.91 Å². The van der Waals surface area contributed by atoms with Crippen molar-refractivity contribution in [1.82, 2.24) is 4.90 Å². The standard InChI is InChI=1S/C20H18N4O/c21-12-15-2-1-3-17(10-15)16-6-4-14(5-7-16)11-18(13-22)24-9-8-19(24)20(23)25/h1-7,10,18-19H,8-9,11H2,(H2,23,25)/t18-,19?/m0/s1. The van der Waals surface area contributed by atoms with Gasteiger partial charge in [-0.15, -0.1) is 0 Å². The number of benzene rings is 2. The van der Waals surface area contributed by atoms with Gasteiger partial charge in [0.05, 0.1) is 23.7 Å². The van der Waals surface area contributed by atoms with Crippen molar-refractivity contribution in [2.75, 3.05) is 6.54 Å². The highest BCUT2D eigenvalue weighted by Gasteiger charge is 2.37. The fourth-order valence-electron chi connectivity index (χ4n) is 3.15. The summed E-state index contributed by atoms with van der Waals surface area (Å²) in [6, 6.07) is 19.1. The van der Waals surface area contributed by atoms with Crippen LogP contribution in [0.1, 0.15) is 17.5 Å². The maximum absolute atomic E-state index is 11.4. The lowest BCUT2D eigenvalue weighted by Crippen LogP contribution is -2.59. The monoisotopic (exact) mass is 330 g/mol. The number of nitrogens with two attached hydrogens (primary N) is 1. The van der Waals surface area contributed by atoms with Gasteiger partial charge in [0, 0.05) is 13.0 Å². The Morgan fingerprint density at radius 3 is 2.52 bits per heavy atom. The van der Waals surface area contributed by atoms with Gasteiger partial charge in [0.25, 0.3) is 0 Å². The molecule has 0 saturated carbocycles. The summed E-state index contributed by atoms with van der Waals surface area (Å²) in [5.41, 5.74) is 9.03. The average Bonchev–Trinajstić information content (AvgIpc) is 2.60. The minimum absolute atomic E-state index is 0.322. The number of likely N-dealkylation sites (tertiary alicyclic amines) is 1. The van der Waals surface area contributed by atoms with Crippen LogP contribution in [0.15, 0.2) is 48.5 Å². The van der Waals surface area contributed by atoms with Crippen molar-refractivity contribution in [2.45, 2.75) is 24.9 Å². The molecule has 2 aromatic rings. The van der Waals surface area contributed by atoms with Crippen molar-refractivity contribution in [3.8, 4) is 23.3 Å². The normalized spacial score (nSPS) is 17.8. The quantitative estimate of drug-likeness (QED) is 0.909. The van der Waals surface area contributed by atoms with Gasteiger partial charge in [-0.25, -0.2) is 0 Å². The van der Waals surface area contributed by atoms with E-state index in [1.54, 1.807) is 6.07 Å². The summed E-state index contributed by atoms with van der Waals surface area (Å²) < 4.78 is 0. The lowest BCUT2D eigenvalue weighted by Gasteiger charge is -2.41. The summed E-state index contributed by atoms with van der Waals surface area (Å²) >= 11 is 0. The number of carbonyl (C=O) groups is 1. The number of carbonyl (C=O) groups excluding carboxylic acids is 1. The predicted octanol–water partition coefficient (Wildman–Crippen LogP) is 2.22. The second-order valence-corrected chi connectivity index (χ2v) is 6.18. The van der Waals surface area contributed by atoms with Crippen molar-refractivity contribution >= 4 is 5.91 Å². The maximum atomic E-state index is 11.4. The molecule has 2 N–H and O–H groups in total. The summed E-state index contributed by atoms with van der Waals surface area (Å²) in [7, 11) is 0. The van der Waals surface area contributed by atoms with Crippen LogP contribution in [0.2, 0.25) is 0 Å². The molecule has 5 nitrogen and oxygen atoms in total. The SMILES string of the molecule is N#Cc1cccc(-c2ccc(C[C@@H](C#N)N3CCC3C(N)=O)cc2)c1. The molecule has 1 aliphatic rings. The van der Waals surface area contributed by atoms with Crippen molar-refractivity contribution < 1.29 is 4.79 Å². The molecule has 1 fully saturated rings. The molecule has 1 amide bonds. The van der Waals surface area contributed by atoms with Gasteiger partial charge in [-0.05, 0) is 35.2 Å². The molecule has 0 spiro atoms. The number of hydrogen-bond acceptors (Lipinski definition) is 4. The van der Waals surface area contributed by atoms with E-state index in [0.717, 1.165) is 29.7 Å². The van der Waals surface area contributed by atoms with Gasteiger partial charge in [-0.1, -0.05) is 36.4 Å². The highest BCUT2D eigenvalue weighted by molar-refractivity contribution is 5.80. The van der Waals surface area contributed by atoms with E-state index in [1.807, 2.05) is 47.4 Å². The molecule has 0 radical (unpaired) electrons. The number of amides is 1. The molecule has 1 unspecified atom stereocenters. The zero-order chi connectivity index (χ0) is 17.8. The fraction of sp³-hybridized carbons (Fsp3) is 0.250. The molecule has 1 heterocycles. The Morgan fingerprint density at radius 2 is 1.96 bits per heavy atom. The number of hydrogen-bond donors (Lipinski definition) is 1. The molecular formula is C20H18N4O. The lowest BCUT2D eigenvalue weighted by atomic mass is 9.95. The third-order valence-electron chi connectivity index (χ3n) is 4.65. The first-order chi connectivity index (χ1) is 12.1. The minimum atomic E-state index is -0.362. The number of rotatable bonds is 5. The summed E-state index contributed by atoms with van der Waals surface area (Å²) in [5, 5.41) is 18.4. The van der Waals surface area contributed by atoms with E-state index in [-0.39, 0.29) is 18.0 Å². The highest BCUT2D eigenvalue weighted by atomic mass is 16.1. The largest absolute Gasteiger partial charge is 0.368 e. The van der Waals surface area contributed by atoms with E-state index in [9.17, 15) is 10.1 Å². The molecule has 0 aliphatic carbocycles. The van der Waals surface area contributed by atoms with Crippen LogP contribution in [0, 0.1) is 22.7 Å². The van der Waals surface area contributed by atoms with Crippen LogP contribution in [0.25, 0.3) is 11.1 Å². The molecule has 1 saturated heterocycles. The molecular weight excluding hydrogens is 312 g/mol. The smallest absolute Gasteiger partial charge is 0.234 e. The van der Waals surface area contributed by atoms with Gasteiger partial charge in [0.1, 0.15) is 6.04 Å². The minimum Gasteiger partial charge on any atom is -0.368 e. The second-order valence-electron chi connectivity index (χ2n) is 6.18. The lowest BCUT2D eigenvalue weighted by molar-refractivity contribution is -0.128. The van der Waals surface area contributed by atoms with Crippen LogP contribution in [-0.4, -0.2) is 29.4 Å². The Bertz CT molecular complexity index is 861. The van der Waals surface area contributed by atoms with Crippen LogP contribution in [0.4, 0.5) is 0 Å². The van der Waals surface area contributed by atoms with Crippen molar-refractivity contribution in [3.63, 3.8) is 0 Å². The molecule has 3 rings (SSSR count). The van der Waals surface area contributed by atoms with Gasteiger partial charge in [-0.2, -0.15) is 10.5 Å². The van der Waals surface area contributed by atoms with Gasteiger partial charge < -0.3 is 5.73 Å². The van der Waals surface area contributed by atoms with Gasteiger partial charge in [-0.3, -0.25) is 9.69 Å². The summed E-state index contributed by atoms with van der Waals surface area (Å²) in [5.74, 6) is -0.362. The van der Waals surface area contributed by atoms with E-state index in [0.29, 0.717) is 12.0 Å². The molecule has 25 heavy (non-hydrogen) atoms. The first kappa shape index (κ1) is 16.7. The molecule has 2 atom stereocenters. The van der Waals surface area contributed by atoms with Crippen molar-refractivity contribution in [2.24, 2.45) is 5.73 Å². The molecule has 124 valence electrons. The predicted molar refractivity (Wildman–Crippen MR) is 94.0 cm³/mol. The Balaban J connectivity index is 1.73. The van der Waals surface area contributed by atoms with E-state index >= 15 is 0 Å². The zero-order valence-electron chi connectivity index (χ0n) is 13.7. The molecule has 0 aromatic heterocycles. The Kier molecular flexibility index (Phi) is 4.79. The van der Waals surface area contributed by atoms with Gasteiger partial charge >= 0.3 is 0 Å². The van der Waals surface area contributed by atoms with E-state index in [4.69, 9.17) is 11.0 Å². The van der Waals surface area contributed by atoms with E-state index in [1.165, 1.54) is 0 Å². The van der Waals surface area contributed by atoms with Crippen LogP contribution in [0.3, 0.4) is 0 Å². The highest BCUT2D eigenvalue weighted by Crippen LogP contribution is 2.24. The van der Waals surface area contributed by atoms with Crippen LogP contribution in [0.5, 0.6) is 0 Å². The van der Waals surface area contributed by atoms with Crippen LogP contribution < -0.4 is 5.73 Å². The Hall–Kier alpha value is -3.15. The fourth-order valence-corrected chi connectivity index (χ4v) is 3.15. The molecule has 5 heteroatoms. The maximum Gasteiger partial charge on any atom is 0.234 e. The van der Waals surface area contributed by atoms with E-state index in [2.05, 4.69) is 12.1 Å². The zero-order valence-corrected chi connectivity index (χ0v) is 13.7. The summed E-state index contributed by atoms with van der Waals surface area (Å²) in [6.07, 6.45) is 1.28. The van der Waals surface area contributed by atoms with Crippen LogP contribution >= 0.6 is 0 Å². The number of nitriles is 2. The molecule has 0 bridgehead atoms. The molecule has 1 aliphatic heterocycles. The van der Waals surface area contributed by atoms with Gasteiger partial charge in [0.15, 0.2) is 0 Å². The van der Waals surface area contributed by atoms with E-state index < -0.39 is 0 Å². The third kappa shape index (κ3) is 3.52. The average molecular weight is 330 g/mol. The summed E-state index contributed by atoms with van der Waals surface area (Å²) in [4.78, 5) is 13.2. The summed E-state index contributed by atoms with van der Waals surface area (Å²) in [6.45, 7) is 0.727. The Labute approximate surface area is 146 Å². The number of nitrogens with zero attached hydrogens (tertiary/aromatic N) is 3. The number of primary amides is 1. The van der Waals surface area contributed by atoms with Crippen LogP contribution in [-0.2, 0) is 11.2 Å². The first-order valence-electron chi connectivity index (χ1n) is 8.16.